The van der Waals surface area contributed by atoms with Gasteiger partial charge in [0.2, 0.25) is 11.8 Å². The second kappa shape index (κ2) is 10.2. The molecule has 0 bridgehead atoms. The molecule has 164 valence electrons. The monoisotopic (exact) mass is 430 g/mol. The quantitative estimate of drug-likeness (QED) is 0.593. The zero-order valence-electron chi connectivity index (χ0n) is 17.9. The predicted molar refractivity (Wildman–Crippen MR) is 122 cm³/mol. The van der Waals surface area contributed by atoms with Gasteiger partial charge < -0.3 is 10.2 Å². The van der Waals surface area contributed by atoms with Crippen LogP contribution in [0.15, 0.2) is 84.9 Å². The van der Waals surface area contributed by atoms with Crippen molar-refractivity contribution in [1.82, 2.24) is 10.2 Å². The van der Waals surface area contributed by atoms with Crippen molar-refractivity contribution in [2.24, 2.45) is 5.92 Å². The van der Waals surface area contributed by atoms with Gasteiger partial charge in [0.05, 0.1) is 12.0 Å². The summed E-state index contributed by atoms with van der Waals surface area (Å²) in [5.41, 5.74) is 2.98. The largest absolute Gasteiger partial charge is 0.355 e. The number of amides is 2. The van der Waals surface area contributed by atoms with E-state index >= 15 is 0 Å². The number of hydrogen-bond donors (Lipinski definition) is 1. The van der Waals surface area contributed by atoms with Crippen molar-refractivity contribution in [2.75, 3.05) is 6.54 Å². The van der Waals surface area contributed by atoms with Crippen molar-refractivity contribution < 1.29 is 14.0 Å². The van der Waals surface area contributed by atoms with Crippen LogP contribution in [0.1, 0.15) is 35.6 Å². The number of hydrogen-bond acceptors (Lipinski definition) is 2. The number of piperidine rings is 1. The van der Waals surface area contributed by atoms with E-state index in [4.69, 9.17) is 0 Å². The lowest BCUT2D eigenvalue weighted by Crippen LogP contribution is -2.48. The summed E-state index contributed by atoms with van der Waals surface area (Å²) in [6.45, 7) is 0.938. The van der Waals surface area contributed by atoms with Crippen molar-refractivity contribution in [3.63, 3.8) is 0 Å². The smallest absolute Gasteiger partial charge is 0.225 e. The molecule has 3 aromatic rings. The fraction of sp³-hybridized carbons (Fsp3) is 0.259. The van der Waals surface area contributed by atoms with Crippen LogP contribution in [0.2, 0.25) is 0 Å². The molecule has 5 heteroatoms. The number of nitrogens with one attached hydrogen (secondary N) is 1. The maximum absolute atomic E-state index is 13.2. The first-order valence-electron chi connectivity index (χ1n) is 11.0. The molecule has 0 aliphatic carbocycles. The van der Waals surface area contributed by atoms with E-state index in [1.54, 1.807) is 12.1 Å². The Labute approximate surface area is 188 Å². The molecule has 32 heavy (non-hydrogen) atoms. The average molecular weight is 431 g/mol. The van der Waals surface area contributed by atoms with Crippen molar-refractivity contribution in [3.05, 3.63) is 107 Å². The number of rotatable bonds is 7. The Morgan fingerprint density at radius 3 is 2.25 bits per heavy atom. The Morgan fingerprint density at radius 2 is 1.56 bits per heavy atom. The standard InChI is InChI=1S/C27H27FN2O2/c28-23-13-11-20(12-14-23)17-18-29-27(32)24-15-16-25(31)30(19-21-7-3-1-4-8-21)26(24)22-9-5-2-6-10-22/h1-14,24,26H,15-19H2,(H,29,32)/t24-,26-/m1/s1. The van der Waals surface area contributed by atoms with Crippen LogP contribution in [0.5, 0.6) is 0 Å². The normalized spacial score (nSPS) is 18.4. The molecule has 1 fully saturated rings. The first-order chi connectivity index (χ1) is 15.6. The molecule has 1 saturated heterocycles. The summed E-state index contributed by atoms with van der Waals surface area (Å²) in [5.74, 6) is -0.578. The average Bonchev–Trinajstić information content (AvgIpc) is 2.82. The van der Waals surface area contributed by atoms with Crippen LogP contribution in [0, 0.1) is 11.7 Å². The Balaban J connectivity index is 1.51. The molecule has 0 spiro atoms. The summed E-state index contributed by atoms with van der Waals surface area (Å²) in [5, 5.41) is 3.04. The van der Waals surface area contributed by atoms with Gasteiger partial charge in [0, 0.05) is 19.5 Å². The highest BCUT2D eigenvalue weighted by atomic mass is 19.1. The molecule has 0 saturated carbocycles. The summed E-state index contributed by atoms with van der Waals surface area (Å²) < 4.78 is 13.1. The van der Waals surface area contributed by atoms with E-state index in [1.165, 1.54) is 12.1 Å². The van der Waals surface area contributed by atoms with Crippen LogP contribution in [0.4, 0.5) is 4.39 Å². The highest BCUT2D eigenvalue weighted by Crippen LogP contribution is 2.38. The Bertz CT molecular complexity index is 1040. The minimum Gasteiger partial charge on any atom is -0.355 e. The summed E-state index contributed by atoms with van der Waals surface area (Å²) >= 11 is 0. The molecule has 0 unspecified atom stereocenters. The molecule has 4 nitrogen and oxygen atoms in total. The van der Waals surface area contributed by atoms with Crippen LogP contribution in [0.25, 0.3) is 0 Å². The van der Waals surface area contributed by atoms with E-state index < -0.39 is 0 Å². The van der Waals surface area contributed by atoms with Crippen LogP contribution in [-0.2, 0) is 22.6 Å². The third-order valence-corrected chi connectivity index (χ3v) is 6.01. The molecule has 3 aromatic carbocycles. The minimum absolute atomic E-state index is 0.0495. The molecular weight excluding hydrogens is 403 g/mol. The topological polar surface area (TPSA) is 49.4 Å². The fourth-order valence-corrected chi connectivity index (χ4v) is 4.37. The Kier molecular flexibility index (Phi) is 6.95. The third-order valence-electron chi connectivity index (χ3n) is 6.01. The number of benzene rings is 3. The summed E-state index contributed by atoms with van der Waals surface area (Å²) in [7, 11) is 0. The van der Waals surface area contributed by atoms with Gasteiger partial charge in [-0.1, -0.05) is 72.8 Å². The van der Waals surface area contributed by atoms with E-state index in [1.807, 2.05) is 65.6 Å². The summed E-state index contributed by atoms with van der Waals surface area (Å²) in [6, 6.07) is 25.7. The predicted octanol–water partition coefficient (Wildman–Crippen LogP) is 4.66. The first kappa shape index (κ1) is 21.8. The van der Waals surface area contributed by atoms with Gasteiger partial charge in [0.15, 0.2) is 0 Å². The van der Waals surface area contributed by atoms with Gasteiger partial charge in [0.25, 0.3) is 0 Å². The van der Waals surface area contributed by atoms with Gasteiger partial charge in [0.1, 0.15) is 5.82 Å². The van der Waals surface area contributed by atoms with Crippen LogP contribution < -0.4 is 5.32 Å². The van der Waals surface area contributed by atoms with Crippen molar-refractivity contribution in [1.29, 1.82) is 0 Å². The van der Waals surface area contributed by atoms with Gasteiger partial charge in [-0.05, 0) is 41.7 Å². The van der Waals surface area contributed by atoms with Crippen LogP contribution in [-0.4, -0.2) is 23.3 Å². The maximum atomic E-state index is 13.2. The molecule has 4 rings (SSSR count). The van der Waals surface area contributed by atoms with E-state index in [0.29, 0.717) is 32.4 Å². The zero-order valence-corrected chi connectivity index (χ0v) is 17.9. The third kappa shape index (κ3) is 5.22. The number of carbonyl (C=O) groups excluding carboxylic acids is 2. The highest BCUT2D eigenvalue weighted by molar-refractivity contribution is 5.85. The van der Waals surface area contributed by atoms with Crippen molar-refractivity contribution in [3.8, 4) is 0 Å². The Morgan fingerprint density at radius 1 is 0.906 bits per heavy atom. The van der Waals surface area contributed by atoms with Crippen LogP contribution >= 0.6 is 0 Å². The number of nitrogens with zero attached hydrogens (tertiary/aromatic N) is 1. The zero-order chi connectivity index (χ0) is 22.3. The molecule has 2 amide bonds. The summed E-state index contributed by atoms with van der Waals surface area (Å²) in [6.07, 6.45) is 1.50. The lowest BCUT2D eigenvalue weighted by molar-refractivity contribution is -0.144. The Hall–Kier alpha value is -3.47. The van der Waals surface area contributed by atoms with Crippen molar-refractivity contribution >= 4 is 11.8 Å². The lowest BCUT2D eigenvalue weighted by atomic mass is 9.83. The molecule has 1 heterocycles. The van der Waals surface area contributed by atoms with Gasteiger partial charge in [-0.2, -0.15) is 0 Å². The highest BCUT2D eigenvalue weighted by Gasteiger charge is 2.40. The molecule has 0 aromatic heterocycles. The fourth-order valence-electron chi connectivity index (χ4n) is 4.37. The second-order valence-corrected chi connectivity index (χ2v) is 8.18. The minimum atomic E-state index is -0.327. The van der Waals surface area contributed by atoms with E-state index in [0.717, 1.165) is 16.7 Å². The van der Waals surface area contributed by atoms with Gasteiger partial charge in [-0.3, -0.25) is 9.59 Å². The van der Waals surface area contributed by atoms with E-state index in [2.05, 4.69) is 5.32 Å². The van der Waals surface area contributed by atoms with Gasteiger partial charge in [-0.25, -0.2) is 4.39 Å². The van der Waals surface area contributed by atoms with Gasteiger partial charge in [-0.15, -0.1) is 0 Å². The SMILES string of the molecule is O=C(NCCc1ccc(F)cc1)[C@@H]1CCC(=O)N(Cc2ccccc2)[C@@H]1c1ccccc1. The lowest BCUT2D eigenvalue weighted by Gasteiger charge is -2.41. The van der Waals surface area contributed by atoms with Crippen molar-refractivity contribution in [2.45, 2.75) is 31.8 Å². The number of likely N-dealkylation sites (tertiary alicyclic amines) is 1. The van der Waals surface area contributed by atoms with E-state index in [9.17, 15) is 14.0 Å². The number of carbonyl (C=O) groups is 2. The molecule has 1 aliphatic rings. The maximum Gasteiger partial charge on any atom is 0.225 e. The number of halogens is 1. The first-order valence-corrected chi connectivity index (χ1v) is 11.0. The van der Waals surface area contributed by atoms with E-state index in [-0.39, 0.29) is 29.6 Å². The molecule has 2 atom stereocenters. The molecular formula is C27H27FN2O2. The molecule has 0 radical (unpaired) electrons. The second-order valence-electron chi connectivity index (χ2n) is 8.18. The summed E-state index contributed by atoms with van der Waals surface area (Å²) in [4.78, 5) is 28.0. The van der Waals surface area contributed by atoms with Crippen LogP contribution in [0.3, 0.4) is 0 Å². The molecule has 1 aliphatic heterocycles. The van der Waals surface area contributed by atoms with Gasteiger partial charge >= 0.3 is 0 Å². The molecule has 1 N–H and O–H groups in total.